The van der Waals surface area contributed by atoms with Gasteiger partial charge in [-0.15, -0.1) is 0 Å². The van der Waals surface area contributed by atoms with E-state index in [1.54, 1.807) is 18.2 Å². The molecule has 0 aliphatic carbocycles. The van der Waals surface area contributed by atoms with Crippen LogP contribution in [-0.2, 0) is 14.3 Å². The predicted octanol–water partition coefficient (Wildman–Crippen LogP) is 1.81. The molecular formula is C16H14N2O6S. The van der Waals surface area contributed by atoms with Crippen LogP contribution in [0.15, 0.2) is 23.1 Å². The summed E-state index contributed by atoms with van der Waals surface area (Å²) >= 11 is 0.736. The van der Waals surface area contributed by atoms with Crippen LogP contribution >= 0.6 is 11.8 Å². The lowest BCUT2D eigenvalue weighted by atomic mass is 10.2. The molecule has 2 rings (SSSR count). The number of hydrogen-bond acceptors (Lipinski definition) is 8. The molecule has 1 aromatic rings. The van der Waals surface area contributed by atoms with Gasteiger partial charge in [0, 0.05) is 0 Å². The first-order valence-corrected chi connectivity index (χ1v) is 7.81. The largest absolute Gasteiger partial charge is 0.493 e. The number of ether oxygens (including phenoxy) is 3. The Hall–Kier alpha value is -2.99. The lowest BCUT2D eigenvalue weighted by Crippen LogP contribution is -2.34. The fourth-order valence-corrected chi connectivity index (χ4v) is 2.82. The Balaban J connectivity index is 2.23. The summed E-state index contributed by atoms with van der Waals surface area (Å²) in [5, 5.41) is 8.02. The average molecular weight is 362 g/mol. The van der Waals surface area contributed by atoms with E-state index in [4.69, 9.17) is 14.7 Å². The molecule has 0 aromatic heterocycles. The van der Waals surface area contributed by atoms with Crippen LogP contribution in [0.4, 0.5) is 4.79 Å². The van der Waals surface area contributed by atoms with Crippen molar-refractivity contribution < 1.29 is 28.6 Å². The summed E-state index contributed by atoms with van der Waals surface area (Å²) in [6, 6.07) is 6.72. The van der Waals surface area contributed by atoms with Crippen LogP contribution in [-0.4, -0.2) is 49.4 Å². The molecule has 0 radical (unpaired) electrons. The van der Waals surface area contributed by atoms with E-state index in [1.165, 1.54) is 20.3 Å². The van der Waals surface area contributed by atoms with Gasteiger partial charge < -0.3 is 14.2 Å². The standard InChI is InChI=1S/C16H14N2O6S/c1-22-12-7-10(3-4-11(12)24-6-5-17)8-13-15(20)18(16(21)25-13)9-14(19)23-2/h3-4,7-8H,6,9H2,1-2H3/b13-8-. The Morgan fingerprint density at radius 2 is 2.08 bits per heavy atom. The molecule has 1 fully saturated rings. The maximum Gasteiger partial charge on any atom is 0.325 e. The second kappa shape index (κ2) is 8.21. The summed E-state index contributed by atoms with van der Waals surface area (Å²) in [6.45, 7) is -0.551. The van der Waals surface area contributed by atoms with Crippen molar-refractivity contribution in [2.75, 3.05) is 27.4 Å². The second-order valence-electron chi connectivity index (χ2n) is 4.70. The van der Waals surface area contributed by atoms with Gasteiger partial charge in [-0.05, 0) is 35.5 Å². The highest BCUT2D eigenvalue weighted by molar-refractivity contribution is 8.18. The van der Waals surface area contributed by atoms with Crippen molar-refractivity contribution in [3.63, 3.8) is 0 Å². The Kier molecular flexibility index (Phi) is 6.03. The monoisotopic (exact) mass is 362 g/mol. The van der Waals surface area contributed by atoms with E-state index in [1.807, 2.05) is 6.07 Å². The summed E-state index contributed by atoms with van der Waals surface area (Å²) < 4.78 is 14.9. The fourth-order valence-electron chi connectivity index (χ4n) is 1.98. The van der Waals surface area contributed by atoms with Gasteiger partial charge in [0.1, 0.15) is 12.6 Å². The van der Waals surface area contributed by atoms with Crippen molar-refractivity contribution in [1.29, 1.82) is 5.26 Å². The molecule has 1 aromatic carbocycles. The van der Waals surface area contributed by atoms with E-state index in [0.717, 1.165) is 16.7 Å². The van der Waals surface area contributed by atoms with Crippen LogP contribution in [0.1, 0.15) is 5.56 Å². The summed E-state index contributed by atoms with van der Waals surface area (Å²) in [5.74, 6) is -0.467. The SMILES string of the molecule is COC(=O)CN1C(=O)S/C(=C\c2ccc(OCC#N)c(OC)c2)C1=O. The van der Waals surface area contributed by atoms with Crippen LogP contribution in [0.3, 0.4) is 0 Å². The van der Waals surface area contributed by atoms with E-state index in [2.05, 4.69) is 4.74 Å². The van der Waals surface area contributed by atoms with Gasteiger partial charge in [0.25, 0.3) is 11.1 Å². The van der Waals surface area contributed by atoms with Crippen LogP contribution < -0.4 is 9.47 Å². The number of carbonyl (C=O) groups excluding carboxylic acids is 3. The van der Waals surface area contributed by atoms with Gasteiger partial charge in [0.2, 0.25) is 0 Å². The van der Waals surface area contributed by atoms with Crippen molar-refractivity contribution in [3.8, 4) is 17.6 Å². The summed E-state index contributed by atoms with van der Waals surface area (Å²) in [4.78, 5) is 36.4. The van der Waals surface area contributed by atoms with Crippen LogP contribution in [0.25, 0.3) is 6.08 Å². The number of nitrogens with zero attached hydrogens (tertiary/aromatic N) is 2. The Morgan fingerprint density at radius 1 is 1.32 bits per heavy atom. The minimum absolute atomic E-state index is 0.123. The summed E-state index contributed by atoms with van der Waals surface area (Å²) in [5.41, 5.74) is 0.602. The van der Waals surface area contributed by atoms with Crippen molar-refractivity contribution in [3.05, 3.63) is 28.7 Å². The minimum Gasteiger partial charge on any atom is -0.493 e. The Labute approximate surface area is 147 Å². The van der Waals surface area contributed by atoms with Gasteiger partial charge in [-0.3, -0.25) is 19.3 Å². The number of nitriles is 1. The van der Waals surface area contributed by atoms with Crippen LogP contribution in [0.2, 0.25) is 0 Å². The van der Waals surface area contributed by atoms with Gasteiger partial charge in [0.15, 0.2) is 18.1 Å². The Morgan fingerprint density at radius 3 is 2.72 bits per heavy atom. The smallest absolute Gasteiger partial charge is 0.325 e. The number of methoxy groups -OCH3 is 2. The molecule has 2 amide bonds. The molecule has 0 saturated carbocycles. The van der Waals surface area contributed by atoms with Gasteiger partial charge in [-0.1, -0.05) is 6.07 Å². The van der Waals surface area contributed by atoms with Crippen molar-refractivity contribution in [2.45, 2.75) is 0 Å². The zero-order valence-electron chi connectivity index (χ0n) is 13.5. The molecule has 0 N–H and O–H groups in total. The van der Waals surface area contributed by atoms with Gasteiger partial charge in [-0.2, -0.15) is 5.26 Å². The number of rotatable bonds is 6. The number of thioether (sulfide) groups is 1. The molecule has 0 atom stereocenters. The summed E-state index contributed by atoms with van der Waals surface area (Å²) in [7, 11) is 2.63. The zero-order chi connectivity index (χ0) is 18.4. The number of amides is 2. The highest BCUT2D eigenvalue weighted by Gasteiger charge is 2.36. The minimum atomic E-state index is -0.677. The molecule has 1 aliphatic heterocycles. The topological polar surface area (TPSA) is 106 Å². The van der Waals surface area contributed by atoms with E-state index in [0.29, 0.717) is 17.1 Å². The van der Waals surface area contributed by atoms with Gasteiger partial charge in [0.05, 0.1) is 19.1 Å². The molecule has 0 bridgehead atoms. The predicted molar refractivity (Wildman–Crippen MR) is 88.8 cm³/mol. The normalized spacial score (nSPS) is 15.2. The number of imide groups is 1. The lowest BCUT2D eigenvalue weighted by molar-refractivity contribution is -0.143. The third kappa shape index (κ3) is 4.30. The number of esters is 1. The zero-order valence-corrected chi connectivity index (χ0v) is 14.3. The Bertz CT molecular complexity index is 783. The van der Waals surface area contributed by atoms with E-state index >= 15 is 0 Å². The van der Waals surface area contributed by atoms with Crippen LogP contribution in [0, 0.1) is 11.3 Å². The first kappa shape index (κ1) is 18.4. The van der Waals surface area contributed by atoms with E-state index < -0.39 is 23.7 Å². The maximum atomic E-state index is 12.3. The molecule has 25 heavy (non-hydrogen) atoms. The highest BCUT2D eigenvalue weighted by Crippen LogP contribution is 2.34. The number of benzene rings is 1. The first-order chi connectivity index (χ1) is 12.0. The van der Waals surface area contributed by atoms with Crippen molar-refractivity contribution in [1.82, 2.24) is 4.90 Å². The molecule has 9 heteroatoms. The average Bonchev–Trinajstić information content (AvgIpc) is 2.87. The van der Waals surface area contributed by atoms with Gasteiger partial charge >= 0.3 is 5.97 Å². The molecule has 1 saturated heterocycles. The molecule has 8 nitrogen and oxygen atoms in total. The van der Waals surface area contributed by atoms with Crippen LogP contribution in [0.5, 0.6) is 11.5 Å². The third-order valence-corrected chi connectivity index (χ3v) is 4.07. The highest BCUT2D eigenvalue weighted by atomic mass is 32.2. The second-order valence-corrected chi connectivity index (χ2v) is 5.69. The summed E-state index contributed by atoms with van der Waals surface area (Å²) in [6.07, 6.45) is 1.51. The van der Waals surface area contributed by atoms with Crippen molar-refractivity contribution in [2.24, 2.45) is 0 Å². The first-order valence-electron chi connectivity index (χ1n) is 7.00. The fraction of sp³-hybridized carbons (Fsp3) is 0.250. The van der Waals surface area contributed by atoms with E-state index in [-0.39, 0.29) is 11.5 Å². The quantitative estimate of drug-likeness (QED) is 0.557. The molecule has 0 spiro atoms. The third-order valence-electron chi connectivity index (χ3n) is 3.17. The van der Waals surface area contributed by atoms with Crippen molar-refractivity contribution >= 4 is 35.0 Å². The van der Waals surface area contributed by atoms with E-state index in [9.17, 15) is 14.4 Å². The van der Waals surface area contributed by atoms with Gasteiger partial charge in [-0.25, -0.2) is 0 Å². The molecule has 1 aliphatic rings. The lowest BCUT2D eigenvalue weighted by Gasteiger charge is -2.10. The number of carbonyl (C=O) groups is 3. The number of hydrogen-bond donors (Lipinski definition) is 0. The molecular weight excluding hydrogens is 348 g/mol. The maximum absolute atomic E-state index is 12.3. The molecule has 0 unspecified atom stereocenters. The molecule has 1 heterocycles. The molecule has 130 valence electrons.